The largest absolute Gasteiger partial charge is 0.465 e. The predicted molar refractivity (Wildman–Crippen MR) is 78.3 cm³/mol. The number of hydrogen-bond acceptors (Lipinski definition) is 5. The molecule has 19 heavy (non-hydrogen) atoms. The molecular formula is C12H19N3O2S2. The molecule has 1 atom stereocenters. The Bertz CT molecular complexity index is 431. The Hall–Kier alpha value is -0.790. The number of piperazine rings is 1. The van der Waals surface area contributed by atoms with Crippen molar-refractivity contribution < 1.29 is 9.90 Å². The first kappa shape index (κ1) is 14.6. The van der Waals surface area contributed by atoms with Crippen LogP contribution in [0.3, 0.4) is 0 Å². The number of nitrogens with one attached hydrogen (secondary N) is 1. The van der Waals surface area contributed by atoms with Crippen LogP contribution in [0.4, 0.5) is 4.79 Å². The second-order valence-electron chi connectivity index (χ2n) is 4.64. The number of thioether (sulfide) groups is 1. The van der Waals surface area contributed by atoms with Gasteiger partial charge in [-0.1, -0.05) is 11.8 Å². The highest BCUT2D eigenvalue weighted by Gasteiger charge is 2.22. The van der Waals surface area contributed by atoms with Gasteiger partial charge in [0.25, 0.3) is 0 Å². The Morgan fingerprint density at radius 2 is 2.42 bits per heavy atom. The molecule has 1 aromatic rings. The van der Waals surface area contributed by atoms with Crippen molar-refractivity contribution in [3.05, 3.63) is 10.6 Å². The average Bonchev–Trinajstić information content (AvgIpc) is 2.69. The van der Waals surface area contributed by atoms with E-state index in [-0.39, 0.29) is 6.04 Å². The van der Waals surface area contributed by atoms with Crippen LogP contribution in [0, 0.1) is 13.8 Å². The highest BCUT2D eigenvalue weighted by atomic mass is 32.2. The van der Waals surface area contributed by atoms with Gasteiger partial charge in [0.1, 0.15) is 4.34 Å². The summed E-state index contributed by atoms with van der Waals surface area (Å²) in [6.07, 6.45) is 0.150. The quantitative estimate of drug-likeness (QED) is 0.835. The van der Waals surface area contributed by atoms with Crippen LogP contribution < -0.4 is 5.32 Å². The molecule has 2 N–H and O–H groups in total. The van der Waals surface area contributed by atoms with E-state index >= 15 is 0 Å². The molecule has 1 aromatic heterocycles. The second-order valence-corrected chi connectivity index (χ2v) is 7.18. The molecule has 5 nitrogen and oxygen atoms in total. The molecule has 0 spiro atoms. The molecule has 1 aliphatic rings. The summed E-state index contributed by atoms with van der Waals surface area (Å²) >= 11 is 3.49. The number of amides is 1. The summed E-state index contributed by atoms with van der Waals surface area (Å²) < 4.78 is 1.11. The number of aryl methyl sites for hydroxylation is 2. The van der Waals surface area contributed by atoms with Crippen LogP contribution in [0.25, 0.3) is 0 Å². The standard InChI is InChI=1S/C12H19N3O2S2/c1-8-9(2)19-11(14-8)18-6-3-10-7-15(12(16)17)5-4-13-10/h10,13H,3-7H2,1-2H3,(H,16,17)/t10-/m1/s1. The van der Waals surface area contributed by atoms with Gasteiger partial charge in [-0.25, -0.2) is 9.78 Å². The molecule has 1 aliphatic heterocycles. The van der Waals surface area contributed by atoms with E-state index in [0.717, 1.165) is 28.8 Å². The lowest BCUT2D eigenvalue weighted by atomic mass is 10.2. The van der Waals surface area contributed by atoms with Gasteiger partial charge in [0.05, 0.1) is 5.69 Å². The first-order chi connectivity index (χ1) is 9.06. The van der Waals surface area contributed by atoms with Gasteiger partial charge in [-0.05, 0) is 20.3 Å². The zero-order valence-corrected chi connectivity index (χ0v) is 12.8. The van der Waals surface area contributed by atoms with Gasteiger partial charge in [0.2, 0.25) is 0 Å². The number of rotatable bonds is 4. The van der Waals surface area contributed by atoms with Crippen molar-refractivity contribution in [3.8, 4) is 0 Å². The van der Waals surface area contributed by atoms with Crippen molar-refractivity contribution in [2.45, 2.75) is 30.6 Å². The minimum Gasteiger partial charge on any atom is -0.465 e. The summed E-state index contributed by atoms with van der Waals surface area (Å²) in [4.78, 5) is 18.2. The maximum atomic E-state index is 10.9. The molecule has 7 heteroatoms. The maximum Gasteiger partial charge on any atom is 0.407 e. The third kappa shape index (κ3) is 4.09. The first-order valence-electron chi connectivity index (χ1n) is 6.34. The zero-order valence-electron chi connectivity index (χ0n) is 11.2. The fourth-order valence-corrected chi connectivity index (χ4v) is 4.26. The summed E-state index contributed by atoms with van der Waals surface area (Å²) in [6, 6.07) is 0.263. The molecule has 0 saturated carbocycles. The van der Waals surface area contributed by atoms with Crippen molar-refractivity contribution in [1.29, 1.82) is 0 Å². The van der Waals surface area contributed by atoms with Gasteiger partial charge in [-0.2, -0.15) is 0 Å². The van der Waals surface area contributed by atoms with Gasteiger partial charge < -0.3 is 15.3 Å². The lowest BCUT2D eigenvalue weighted by Gasteiger charge is -2.31. The normalized spacial score (nSPS) is 19.7. The van der Waals surface area contributed by atoms with Crippen LogP contribution in [0.2, 0.25) is 0 Å². The van der Waals surface area contributed by atoms with Crippen molar-refractivity contribution in [3.63, 3.8) is 0 Å². The van der Waals surface area contributed by atoms with Crippen molar-refractivity contribution in [1.82, 2.24) is 15.2 Å². The summed E-state index contributed by atoms with van der Waals surface area (Å²) in [6.45, 7) is 6.04. The van der Waals surface area contributed by atoms with Gasteiger partial charge >= 0.3 is 6.09 Å². The van der Waals surface area contributed by atoms with E-state index in [2.05, 4.69) is 17.2 Å². The van der Waals surface area contributed by atoms with Gasteiger partial charge in [-0.15, -0.1) is 11.3 Å². The summed E-state index contributed by atoms with van der Waals surface area (Å²) in [5.41, 5.74) is 1.11. The average molecular weight is 301 g/mol. The van der Waals surface area contributed by atoms with Gasteiger partial charge in [0, 0.05) is 36.3 Å². The molecular weight excluding hydrogens is 282 g/mol. The molecule has 2 heterocycles. The van der Waals surface area contributed by atoms with Crippen molar-refractivity contribution >= 4 is 29.2 Å². The van der Waals surface area contributed by atoms with Crippen LogP contribution in [0.1, 0.15) is 17.0 Å². The Morgan fingerprint density at radius 3 is 3.05 bits per heavy atom. The number of aromatic nitrogens is 1. The zero-order chi connectivity index (χ0) is 13.8. The number of carbonyl (C=O) groups is 1. The third-order valence-electron chi connectivity index (χ3n) is 3.23. The van der Waals surface area contributed by atoms with Gasteiger partial charge in [0.15, 0.2) is 0 Å². The molecule has 0 unspecified atom stereocenters. The number of hydrogen-bond donors (Lipinski definition) is 2. The highest BCUT2D eigenvalue weighted by Crippen LogP contribution is 2.27. The van der Waals surface area contributed by atoms with Crippen LogP contribution in [0.5, 0.6) is 0 Å². The number of carboxylic acid groups (broad SMARTS) is 1. The summed E-state index contributed by atoms with van der Waals surface area (Å²) in [5.74, 6) is 0.970. The van der Waals surface area contributed by atoms with E-state index in [1.165, 1.54) is 9.78 Å². The Morgan fingerprint density at radius 1 is 1.63 bits per heavy atom. The van der Waals surface area contributed by atoms with Crippen LogP contribution in [-0.2, 0) is 0 Å². The second kappa shape index (κ2) is 6.58. The fraction of sp³-hybridized carbons (Fsp3) is 0.667. The van der Waals surface area contributed by atoms with E-state index in [1.54, 1.807) is 23.1 Å². The molecule has 0 aromatic carbocycles. The Balaban J connectivity index is 1.74. The molecule has 0 aliphatic carbocycles. The fourth-order valence-electron chi connectivity index (χ4n) is 1.99. The molecule has 106 valence electrons. The first-order valence-corrected chi connectivity index (χ1v) is 8.14. The Kier molecular flexibility index (Phi) is 5.06. The van der Waals surface area contributed by atoms with Crippen LogP contribution >= 0.6 is 23.1 Å². The molecule has 0 bridgehead atoms. The third-order valence-corrected chi connectivity index (χ3v) is 5.48. The van der Waals surface area contributed by atoms with E-state index in [4.69, 9.17) is 5.11 Å². The maximum absolute atomic E-state index is 10.9. The van der Waals surface area contributed by atoms with Crippen LogP contribution in [-0.4, -0.2) is 52.5 Å². The number of thiazole rings is 1. The molecule has 1 saturated heterocycles. The van der Waals surface area contributed by atoms with E-state index in [0.29, 0.717) is 13.1 Å². The lowest BCUT2D eigenvalue weighted by Crippen LogP contribution is -2.52. The molecule has 1 fully saturated rings. The number of nitrogens with zero attached hydrogens (tertiary/aromatic N) is 2. The topological polar surface area (TPSA) is 65.5 Å². The van der Waals surface area contributed by atoms with E-state index in [1.807, 2.05) is 6.92 Å². The van der Waals surface area contributed by atoms with Crippen LogP contribution in [0.15, 0.2) is 4.34 Å². The van der Waals surface area contributed by atoms with Crippen molar-refractivity contribution in [2.75, 3.05) is 25.4 Å². The minimum atomic E-state index is -0.815. The monoisotopic (exact) mass is 301 g/mol. The van der Waals surface area contributed by atoms with Crippen molar-refractivity contribution in [2.24, 2.45) is 0 Å². The van der Waals surface area contributed by atoms with Gasteiger partial charge in [-0.3, -0.25) is 0 Å². The Labute approximate surface area is 121 Å². The predicted octanol–water partition coefficient (Wildman–Crippen LogP) is 2.19. The smallest absolute Gasteiger partial charge is 0.407 e. The minimum absolute atomic E-state index is 0.263. The van der Waals surface area contributed by atoms with E-state index < -0.39 is 6.09 Å². The molecule has 0 radical (unpaired) electrons. The SMILES string of the molecule is Cc1nc(SCC[C@@H]2CN(C(=O)O)CCN2)sc1C. The summed E-state index contributed by atoms with van der Waals surface area (Å²) in [5, 5.41) is 12.3. The lowest BCUT2D eigenvalue weighted by molar-refractivity contribution is 0.128. The highest BCUT2D eigenvalue weighted by molar-refractivity contribution is 8.01. The molecule has 2 rings (SSSR count). The molecule has 1 amide bonds. The van der Waals surface area contributed by atoms with E-state index in [9.17, 15) is 4.79 Å². The summed E-state index contributed by atoms with van der Waals surface area (Å²) in [7, 11) is 0.